The molecular formula is C21H25N5O. The number of nitrogens with one attached hydrogen (secondary N) is 1. The molecule has 1 aliphatic heterocycles. The number of phenols is 1. The van der Waals surface area contributed by atoms with Crippen LogP contribution in [-0.2, 0) is 0 Å². The number of rotatable bonds is 4. The Hall–Kier alpha value is -2.99. The van der Waals surface area contributed by atoms with Crippen LogP contribution in [0.5, 0.6) is 5.75 Å². The Bertz CT molecular complexity index is 882. The van der Waals surface area contributed by atoms with Gasteiger partial charge in [0.25, 0.3) is 0 Å². The molecule has 1 saturated heterocycles. The van der Waals surface area contributed by atoms with Gasteiger partial charge in [-0.1, -0.05) is 12.6 Å². The van der Waals surface area contributed by atoms with Gasteiger partial charge in [-0.25, -0.2) is 0 Å². The molecule has 1 fully saturated rings. The van der Waals surface area contributed by atoms with E-state index in [1.54, 1.807) is 18.3 Å². The van der Waals surface area contributed by atoms with E-state index in [-0.39, 0.29) is 5.75 Å². The fourth-order valence-corrected chi connectivity index (χ4v) is 3.10. The summed E-state index contributed by atoms with van der Waals surface area (Å²) in [6.07, 6.45) is 5.17. The first-order valence-electron chi connectivity index (χ1n) is 9.05. The Labute approximate surface area is 160 Å². The Balaban J connectivity index is 1.87. The van der Waals surface area contributed by atoms with Crippen molar-refractivity contribution >= 4 is 11.5 Å². The Morgan fingerprint density at radius 3 is 2.70 bits per heavy atom. The predicted molar refractivity (Wildman–Crippen MR) is 110 cm³/mol. The van der Waals surface area contributed by atoms with Crippen LogP contribution in [0.2, 0.25) is 0 Å². The summed E-state index contributed by atoms with van der Waals surface area (Å²) in [4.78, 5) is 6.30. The number of aryl methyl sites for hydroxylation is 1. The summed E-state index contributed by atoms with van der Waals surface area (Å²) in [5, 5.41) is 22.5. The maximum atomic E-state index is 10.5. The number of hydrogen-bond donors (Lipinski definition) is 2. The van der Waals surface area contributed by atoms with Crippen LogP contribution in [0.4, 0.5) is 0 Å². The van der Waals surface area contributed by atoms with Crippen molar-refractivity contribution in [1.29, 1.82) is 0 Å². The van der Waals surface area contributed by atoms with Crippen LogP contribution in [0.3, 0.4) is 0 Å². The highest BCUT2D eigenvalue weighted by Gasteiger charge is 2.12. The summed E-state index contributed by atoms with van der Waals surface area (Å²) in [7, 11) is 0. The molecule has 3 rings (SSSR count). The van der Waals surface area contributed by atoms with Crippen molar-refractivity contribution in [3.05, 3.63) is 60.4 Å². The van der Waals surface area contributed by atoms with E-state index < -0.39 is 0 Å². The molecule has 1 aliphatic rings. The van der Waals surface area contributed by atoms with Gasteiger partial charge in [-0.15, -0.1) is 10.2 Å². The number of piperazine rings is 1. The zero-order valence-electron chi connectivity index (χ0n) is 15.8. The second-order valence-corrected chi connectivity index (χ2v) is 6.50. The van der Waals surface area contributed by atoms with Crippen LogP contribution in [-0.4, -0.2) is 52.7 Å². The molecule has 27 heavy (non-hydrogen) atoms. The van der Waals surface area contributed by atoms with Crippen molar-refractivity contribution in [3.63, 3.8) is 0 Å². The van der Waals surface area contributed by atoms with Gasteiger partial charge in [-0.2, -0.15) is 0 Å². The molecule has 140 valence electrons. The van der Waals surface area contributed by atoms with E-state index >= 15 is 0 Å². The van der Waals surface area contributed by atoms with Crippen LogP contribution in [0.1, 0.15) is 18.1 Å². The average molecular weight is 363 g/mol. The van der Waals surface area contributed by atoms with E-state index in [2.05, 4.69) is 32.0 Å². The van der Waals surface area contributed by atoms with Gasteiger partial charge in [0.2, 0.25) is 0 Å². The normalized spacial score (nSPS) is 15.7. The van der Waals surface area contributed by atoms with Gasteiger partial charge in [-0.3, -0.25) is 4.98 Å². The Morgan fingerprint density at radius 2 is 2.04 bits per heavy atom. The highest BCUT2D eigenvalue weighted by Crippen LogP contribution is 2.28. The van der Waals surface area contributed by atoms with Crippen molar-refractivity contribution < 1.29 is 5.11 Å². The summed E-state index contributed by atoms with van der Waals surface area (Å²) in [5.41, 5.74) is 4.17. The lowest BCUT2D eigenvalue weighted by Gasteiger charge is -2.28. The molecule has 0 saturated carbocycles. The highest BCUT2D eigenvalue weighted by atomic mass is 16.3. The molecule has 0 aliphatic carbocycles. The van der Waals surface area contributed by atoms with Crippen LogP contribution in [0.15, 0.2) is 59.5 Å². The van der Waals surface area contributed by atoms with Gasteiger partial charge in [0.1, 0.15) is 11.6 Å². The van der Waals surface area contributed by atoms with Crippen molar-refractivity contribution in [2.45, 2.75) is 13.8 Å². The Morgan fingerprint density at radius 1 is 1.26 bits per heavy atom. The molecular weight excluding hydrogens is 338 g/mol. The number of hydrogen-bond acceptors (Lipinski definition) is 5. The van der Waals surface area contributed by atoms with Gasteiger partial charge in [0.15, 0.2) is 0 Å². The minimum Gasteiger partial charge on any atom is -0.507 e. The van der Waals surface area contributed by atoms with Gasteiger partial charge in [0.05, 0.1) is 5.71 Å². The smallest absolute Gasteiger partial charge is 0.125 e. The quantitative estimate of drug-likeness (QED) is 0.498. The van der Waals surface area contributed by atoms with Crippen LogP contribution >= 0.6 is 0 Å². The molecule has 2 heterocycles. The third-order valence-corrected chi connectivity index (χ3v) is 4.68. The molecule has 6 nitrogen and oxygen atoms in total. The minimum atomic E-state index is 0.150. The summed E-state index contributed by atoms with van der Waals surface area (Å²) >= 11 is 0. The van der Waals surface area contributed by atoms with Crippen LogP contribution in [0.25, 0.3) is 11.1 Å². The largest absolute Gasteiger partial charge is 0.507 e. The number of pyridine rings is 1. The number of phenolic OH excluding ortho intramolecular Hbond substituents is 1. The van der Waals surface area contributed by atoms with E-state index in [9.17, 15) is 5.11 Å². The number of nitrogens with zero attached hydrogens (tertiary/aromatic N) is 4. The fraction of sp³-hybridized carbons (Fsp3) is 0.286. The molecule has 0 bridgehead atoms. The first-order valence-corrected chi connectivity index (χ1v) is 9.05. The molecule has 6 heteroatoms. The van der Waals surface area contributed by atoms with E-state index in [4.69, 9.17) is 0 Å². The SMILES string of the molecule is C=C/C(=N\N=C(/C)N1CCNCC1)c1ccc(-c2ccncc2C)cc1O. The number of amidine groups is 1. The van der Waals surface area contributed by atoms with Crippen molar-refractivity contribution in [3.8, 4) is 16.9 Å². The van der Waals surface area contributed by atoms with Gasteiger partial charge >= 0.3 is 0 Å². The molecule has 2 aromatic rings. The van der Waals surface area contributed by atoms with E-state index in [1.165, 1.54) is 0 Å². The third kappa shape index (κ3) is 4.41. The average Bonchev–Trinajstić information content (AvgIpc) is 2.70. The summed E-state index contributed by atoms with van der Waals surface area (Å²) < 4.78 is 0. The van der Waals surface area contributed by atoms with E-state index in [1.807, 2.05) is 38.2 Å². The molecule has 0 atom stereocenters. The second-order valence-electron chi connectivity index (χ2n) is 6.50. The fourth-order valence-electron chi connectivity index (χ4n) is 3.10. The second kappa shape index (κ2) is 8.60. The molecule has 1 aromatic heterocycles. The molecule has 2 N–H and O–H groups in total. The lowest BCUT2D eigenvalue weighted by Crippen LogP contribution is -2.45. The van der Waals surface area contributed by atoms with E-state index in [0.717, 1.165) is 48.7 Å². The van der Waals surface area contributed by atoms with Crippen LogP contribution in [0, 0.1) is 6.92 Å². The standard InChI is InChI=1S/C21H25N5O/c1-4-20(25-24-16(3)26-11-9-22-10-12-26)19-6-5-17(13-21(19)27)18-7-8-23-14-15(18)2/h4-8,13-14,22,27H,1,9-12H2,2-3H3/b24-16+,25-20+. The zero-order valence-corrected chi connectivity index (χ0v) is 15.8. The number of allylic oxidation sites excluding steroid dienone is 1. The molecule has 0 amide bonds. The number of benzene rings is 1. The monoisotopic (exact) mass is 363 g/mol. The minimum absolute atomic E-state index is 0.150. The molecule has 0 radical (unpaired) electrons. The number of aromatic hydroxyl groups is 1. The van der Waals surface area contributed by atoms with Crippen molar-refractivity contribution in [2.24, 2.45) is 10.2 Å². The van der Waals surface area contributed by atoms with Crippen LogP contribution < -0.4 is 5.32 Å². The lowest BCUT2D eigenvalue weighted by atomic mass is 9.99. The highest BCUT2D eigenvalue weighted by molar-refractivity contribution is 6.10. The van der Waals surface area contributed by atoms with Gasteiger partial charge in [-0.05, 0) is 54.8 Å². The maximum Gasteiger partial charge on any atom is 0.125 e. The number of aromatic nitrogens is 1. The summed E-state index contributed by atoms with van der Waals surface area (Å²) in [6, 6.07) is 7.49. The zero-order chi connectivity index (χ0) is 19.2. The lowest BCUT2D eigenvalue weighted by molar-refractivity contribution is 0.355. The topological polar surface area (TPSA) is 73.1 Å². The first-order chi connectivity index (χ1) is 13.1. The van der Waals surface area contributed by atoms with Crippen molar-refractivity contribution in [2.75, 3.05) is 26.2 Å². The Kier molecular flexibility index (Phi) is 5.98. The third-order valence-electron chi connectivity index (χ3n) is 4.68. The van der Waals surface area contributed by atoms with Gasteiger partial charge < -0.3 is 15.3 Å². The summed E-state index contributed by atoms with van der Waals surface area (Å²) in [6.45, 7) is 11.5. The first kappa shape index (κ1) is 18.8. The van der Waals surface area contributed by atoms with Crippen molar-refractivity contribution in [1.82, 2.24) is 15.2 Å². The summed E-state index contributed by atoms with van der Waals surface area (Å²) in [5.74, 6) is 1.01. The van der Waals surface area contributed by atoms with E-state index in [0.29, 0.717) is 11.3 Å². The van der Waals surface area contributed by atoms with Gasteiger partial charge in [0, 0.05) is 44.1 Å². The maximum absolute atomic E-state index is 10.5. The molecule has 0 unspecified atom stereocenters. The molecule has 1 aromatic carbocycles. The molecule has 0 spiro atoms. The predicted octanol–water partition coefficient (Wildman–Crippen LogP) is 2.98.